The molecule has 0 aliphatic carbocycles. The summed E-state index contributed by atoms with van der Waals surface area (Å²) >= 11 is 0. The van der Waals surface area contributed by atoms with Crippen LogP contribution >= 0.6 is 0 Å². The van der Waals surface area contributed by atoms with E-state index in [4.69, 9.17) is 10.8 Å². The Labute approximate surface area is 183 Å². The SMILES string of the molecule is Cc1cc(C)n(CCCCCCCCCCCCn2c(C)cc(C)cc2=N)c(=N)c1. The van der Waals surface area contributed by atoms with Gasteiger partial charge in [0.05, 0.1) is 0 Å². The molecule has 0 atom stereocenters. The maximum absolute atomic E-state index is 8.12. The monoisotopic (exact) mass is 410 g/mol. The third-order valence-corrected chi connectivity index (χ3v) is 6.05. The van der Waals surface area contributed by atoms with Crippen molar-refractivity contribution in [3.8, 4) is 0 Å². The molecule has 2 rings (SSSR count). The van der Waals surface area contributed by atoms with E-state index in [1.165, 1.54) is 86.7 Å². The fraction of sp³-hybridized carbons (Fsp3) is 0.615. The Morgan fingerprint density at radius 3 is 1.10 bits per heavy atom. The average molecular weight is 411 g/mol. The molecule has 0 aliphatic heterocycles. The molecule has 0 saturated carbocycles. The van der Waals surface area contributed by atoms with Gasteiger partial charge in [-0.1, -0.05) is 51.4 Å². The molecule has 0 saturated heterocycles. The van der Waals surface area contributed by atoms with Crippen molar-refractivity contribution in [1.29, 1.82) is 10.8 Å². The van der Waals surface area contributed by atoms with Gasteiger partial charge in [0.1, 0.15) is 11.0 Å². The van der Waals surface area contributed by atoms with Gasteiger partial charge in [0.25, 0.3) is 0 Å². The highest BCUT2D eigenvalue weighted by atomic mass is 15.0. The maximum atomic E-state index is 8.12. The van der Waals surface area contributed by atoms with Gasteiger partial charge in [-0.2, -0.15) is 0 Å². The molecule has 30 heavy (non-hydrogen) atoms. The average Bonchev–Trinajstić information content (AvgIpc) is 2.65. The van der Waals surface area contributed by atoms with Crippen molar-refractivity contribution in [2.24, 2.45) is 0 Å². The fourth-order valence-electron chi connectivity index (χ4n) is 4.41. The quantitative estimate of drug-likeness (QED) is 0.376. The summed E-state index contributed by atoms with van der Waals surface area (Å²) in [5.74, 6) is 0. The van der Waals surface area contributed by atoms with E-state index in [0.29, 0.717) is 11.0 Å². The second-order valence-corrected chi connectivity index (χ2v) is 8.96. The number of nitrogens with one attached hydrogen (secondary N) is 2. The molecule has 2 aromatic heterocycles. The van der Waals surface area contributed by atoms with Gasteiger partial charge in [-0.25, -0.2) is 0 Å². The molecule has 0 unspecified atom stereocenters. The summed E-state index contributed by atoms with van der Waals surface area (Å²) in [6.07, 6.45) is 12.9. The van der Waals surface area contributed by atoms with Gasteiger partial charge in [-0.15, -0.1) is 0 Å². The summed E-state index contributed by atoms with van der Waals surface area (Å²) in [5.41, 5.74) is 6.05. The van der Waals surface area contributed by atoms with Crippen LogP contribution in [0.2, 0.25) is 0 Å². The Balaban J connectivity index is 1.47. The van der Waals surface area contributed by atoms with Gasteiger partial charge >= 0.3 is 0 Å². The molecule has 2 heterocycles. The molecule has 0 aliphatic rings. The number of hydrogen-bond acceptors (Lipinski definition) is 2. The molecular formula is C26H42N4. The molecule has 4 heteroatoms. The predicted molar refractivity (Wildman–Crippen MR) is 126 cm³/mol. The van der Waals surface area contributed by atoms with Gasteiger partial charge in [0, 0.05) is 24.5 Å². The van der Waals surface area contributed by atoms with E-state index in [-0.39, 0.29) is 0 Å². The van der Waals surface area contributed by atoms with E-state index >= 15 is 0 Å². The fourth-order valence-corrected chi connectivity index (χ4v) is 4.41. The van der Waals surface area contributed by atoms with E-state index < -0.39 is 0 Å². The van der Waals surface area contributed by atoms with Crippen LogP contribution in [0.25, 0.3) is 0 Å². The maximum Gasteiger partial charge on any atom is 0.125 e. The van der Waals surface area contributed by atoms with Crippen molar-refractivity contribution in [2.75, 3.05) is 0 Å². The first-order valence-electron chi connectivity index (χ1n) is 11.8. The van der Waals surface area contributed by atoms with Gasteiger partial charge < -0.3 is 9.13 Å². The van der Waals surface area contributed by atoms with E-state index in [0.717, 1.165) is 13.1 Å². The molecule has 0 spiro atoms. The van der Waals surface area contributed by atoms with Gasteiger partial charge in [0.2, 0.25) is 0 Å². The lowest BCUT2D eigenvalue weighted by molar-refractivity contribution is 0.509. The minimum atomic E-state index is 0.641. The lowest BCUT2D eigenvalue weighted by atomic mass is 10.1. The summed E-state index contributed by atoms with van der Waals surface area (Å²) in [7, 11) is 0. The molecular weight excluding hydrogens is 368 g/mol. The minimum absolute atomic E-state index is 0.641. The highest BCUT2D eigenvalue weighted by molar-refractivity contribution is 5.15. The molecule has 2 N–H and O–H groups in total. The van der Waals surface area contributed by atoms with Crippen LogP contribution in [0.15, 0.2) is 24.3 Å². The van der Waals surface area contributed by atoms with Crippen molar-refractivity contribution in [1.82, 2.24) is 9.13 Å². The zero-order valence-electron chi connectivity index (χ0n) is 19.7. The van der Waals surface area contributed by atoms with Crippen LogP contribution in [0, 0.1) is 38.5 Å². The third-order valence-electron chi connectivity index (χ3n) is 6.05. The number of rotatable bonds is 13. The van der Waals surface area contributed by atoms with Crippen LogP contribution in [0.4, 0.5) is 0 Å². The summed E-state index contributed by atoms with van der Waals surface area (Å²) in [6.45, 7) is 10.3. The van der Waals surface area contributed by atoms with Crippen LogP contribution in [0.3, 0.4) is 0 Å². The van der Waals surface area contributed by atoms with E-state index in [9.17, 15) is 0 Å². The van der Waals surface area contributed by atoms with Crippen molar-refractivity contribution >= 4 is 0 Å². The van der Waals surface area contributed by atoms with Crippen molar-refractivity contribution in [3.63, 3.8) is 0 Å². The van der Waals surface area contributed by atoms with Crippen LogP contribution in [0.1, 0.15) is 86.7 Å². The molecule has 0 amide bonds. The van der Waals surface area contributed by atoms with Gasteiger partial charge in [0.15, 0.2) is 0 Å². The lowest BCUT2D eigenvalue weighted by Crippen LogP contribution is -2.22. The normalized spacial score (nSPS) is 11.2. The van der Waals surface area contributed by atoms with Gasteiger partial charge in [-0.05, 0) is 75.9 Å². The number of aromatic nitrogens is 2. The predicted octanol–water partition coefficient (Wildman–Crippen LogP) is 6.08. The largest absolute Gasteiger partial charge is 0.331 e. The first-order valence-corrected chi connectivity index (χ1v) is 11.8. The first-order chi connectivity index (χ1) is 14.4. The van der Waals surface area contributed by atoms with Crippen molar-refractivity contribution in [2.45, 2.75) is 105 Å². The zero-order valence-corrected chi connectivity index (χ0v) is 19.7. The molecule has 4 nitrogen and oxygen atoms in total. The Kier molecular flexibility index (Phi) is 10.1. The molecule has 2 aromatic rings. The van der Waals surface area contributed by atoms with Crippen LogP contribution < -0.4 is 11.0 Å². The molecule has 0 aromatic carbocycles. The van der Waals surface area contributed by atoms with Crippen molar-refractivity contribution < 1.29 is 0 Å². The third kappa shape index (κ3) is 7.97. The summed E-state index contributed by atoms with van der Waals surface area (Å²) in [5, 5.41) is 16.2. The summed E-state index contributed by atoms with van der Waals surface area (Å²) in [6, 6.07) is 8.26. The number of unbranched alkanes of at least 4 members (excludes halogenated alkanes) is 9. The number of hydrogen-bond donors (Lipinski definition) is 2. The second-order valence-electron chi connectivity index (χ2n) is 8.96. The Hall–Kier alpha value is -2.10. The van der Waals surface area contributed by atoms with E-state index in [1.54, 1.807) is 0 Å². The standard InChI is InChI=1S/C26H42N4/c1-21-17-23(3)29(25(27)19-21)15-13-11-9-7-5-6-8-10-12-14-16-30-24(4)18-22(2)20-26(30)28/h17-20,27-28H,5-16H2,1-4H3. The Morgan fingerprint density at radius 2 is 0.800 bits per heavy atom. The highest BCUT2D eigenvalue weighted by Gasteiger charge is 2.01. The molecule has 0 radical (unpaired) electrons. The Bertz CT molecular complexity index is 829. The topological polar surface area (TPSA) is 57.6 Å². The second kappa shape index (κ2) is 12.6. The molecule has 0 bridgehead atoms. The van der Waals surface area contributed by atoms with E-state index in [1.807, 2.05) is 12.1 Å². The minimum Gasteiger partial charge on any atom is -0.331 e. The number of aryl methyl sites for hydroxylation is 4. The summed E-state index contributed by atoms with van der Waals surface area (Å²) in [4.78, 5) is 0. The molecule has 166 valence electrons. The van der Waals surface area contributed by atoms with Gasteiger partial charge in [-0.3, -0.25) is 10.8 Å². The van der Waals surface area contributed by atoms with Crippen LogP contribution in [-0.4, -0.2) is 9.13 Å². The number of pyridine rings is 2. The summed E-state index contributed by atoms with van der Waals surface area (Å²) < 4.78 is 4.26. The van der Waals surface area contributed by atoms with Crippen LogP contribution in [0.5, 0.6) is 0 Å². The smallest absolute Gasteiger partial charge is 0.125 e. The Morgan fingerprint density at radius 1 is 0.500 bits per heavy atom. The molecule has 0 fully saturated rings. The number of nitrogens with zero attached hydrogens (tertiary/aromatic N) is 2. The van der Waals surface area contributed by atoms with Crippen LogP contribution in [-0.2, 0) is 13.1 Å². The zero-order chi connectivity index (χ0) is 21.9. The lowest BCUT2D eigenvalue weighted by Gasteiger charge is -2.12. The van der Waals surface area contributed by atoms with E-state index in [2.05, 4.69) is 49.0 Å². The van der Waals surface area contributed by atoms with Crippen molar-refractivity contribution in [3.05, 3.63) is 57.8 Å². The highest BCUT2D eigenvalue weighted by Crippen LogP contribution is 2.12. The first kappa shape index (κ1) is 24.2.